The van der Waals surface area contributed by atoms with E-state index >= 15 is 0 Å². The van der Waals surface area contributed by atoms with Crippen molar-refractivity contribution in [1.29, 1.82) is 0 Å². The monoisotopic (exact) mass is 279 g/mol. The van der Waals surface area contributed by atoms with Crippen molar-refractivity contribution in [2.75, 3.05) is 18.9 Å². The van der Waals surface area contributed by atoms with Gasteiger partial charge >= 0.3 is 0 Å². The maximum absolute atomic E-state index is 12.0. The Balaban J connectivity index is 2.79. The third-order valence-electron chi connectivity index (χ3n) is 2.89. The van der Waals surface area contributed by atoms with E-state index in [0.29, 0.717) is 17.8 Å². The third-order valence-corrected chi connectivity index (χ3v) is 2.89. The lowest BCUT2D eigenvalue weighted by Crippen LogP contribution is -2.27. The van der Waals surface area contributed by atoms with Gasteiger partial charge < -0.3 is 10.6 Å². The van der Waals surface area contributed by atoms with Crippen molar-refractivity contribution in [2.45, 2.75) is 27.2 Å². The van der Waals surface area contributed by atoms with Crippen LogP contribution in [0.3, 0.4) is 0 Å². The summed E-state index contributed by atoms with van der Waals surface area (Å²) in [5.41, 5.74) is 0.719. The van der Waals surface area contributed by atoms with Gasteiger partial charge in [-0.1, -0.05) is 20.8 Å². The first-order chi connectivity index (χ1) is 9.24. The van der Waals surface area contributed by atoms with Crippen molar-refractivity contribution < 1.29 is 9.72 Å². The summed E-state index contributed by atoms with van der Waals surface area (Å²) in [6, 6.07) is 4.40. The van der Waals surface area contributed by atoms with E-state index in [9.17, 15) is 14.9 Å². The molecule has 0 radical (unpaired) electrons. The number of carbonyl (C=O) groups is 1. The van der Waals surface area contributed by atoms with E-state index in [1.165, 1.54) is 12.1 Å². The molecule has 0 bridgehead atoms. The van der Waals surface area contributed by atoms with Crippen molar-refractivity contribution in [3.8, 4) is 0 Å². The van der Waals surface area contributed by atoms with E-state index in [2.05, 4.69) is 31.4 Å². The number of hydrogen-bond donors (Lipinski definition) is 2. The highest BCUT2D eigenvalue weighted by atomic mass is 16.6. The molecule has 1 amide bonds. The zero-order valence-corrected chi connectivity index (χ0v) is 12.3. The maximum atomic E-state index is 12.0. The first-order valence-electron chi connectivity index (χ1n) is 6.49. The van der Waals surface area contributed by atoms with E-state index in [4.69, 9.17) is 0 Å². The Hall–Kier alpha value is -2.11. The van der Waals surface area contributed by atoms with Crippen molar-refractivity contribution in [3.05, 3.63) is 33.9 Å². The highest BCUT2D eigenvalue weighted by Crippen LogP contribution is 2.25. The molecule has 0 aromatic heterocycles. The van der Waals surface area contributed by atoms with Crippen molar-refractivity contribution in [1.82, 2.24) is 5.32 Å². The van der Waals surface area contributed by atoms with Crippen LogP contribution in [0.15, 0.2) is 18.2 Å². The third kappa shape index (κ3) is 4.53. The molecule has 6 nitrogen and oxygen atoms in total. The number of anilines is 1. The number of nitro groups is 1. The zero-order chi connectivity index (χ0) is 15.3. The average Bonchev–Trinajstić information content (AvgIpc) is 2.36. The van der Waals surface area contributed by atoms with E-state index in [-0.39, 0.29) is 17.0 Å². The summed E-state index contributed by atoms with van der Waals surface area (Å²) in [7, 11) is 1.60. The van der Waals surface area contributed by atoms with Crippen LogP contribution in [0.4, 0.5) is 11.4 Å². The zero-order valence-electron chi connectivity index (χ0n) is 12.3. The molecule has 1 rings (SSSR count). The fraction of sp³-hybridized carbons (Fsp3) is 0.500. The molecule has 110 valence electrons. The standard InChI is InChI=1S/C14H21N3O3/c1-14(2,3)7-8-16-13(18)10-5-6-11(15-4)12(9-10)17(19)20/h5-6,9,15H,7-8H2,1-4H3,(H,16,18). The molecule has 0 unspecified atom stereocenters. The van der Waals surface area contributed by atoms with Gasteiger partial charge in [0.1, 0.15) is 5.69 Å². The van der Waals surface area contributed by atoms with Crippen LogP contribution in [-0.4, -0.2) is 24.4 Å². The fourth-order valence-corrected chi connectivity index (χ4v) is 1.69. The summed E-state index contributed by atoms with van der Waals surface area (Å²) >= 11 is 0. The number of nitrogens with zero attached hydrogens (tertiary/aromatic N) is 1. The predicted molar refractivity (Wildman–Crippen MR) is 79.0 cm³/mol. The molecule has 0 saturated carbocycles. The molecule has 0 aliphatic rings. The van der Waals surface area contributed by atoms with Gasteiger partial charge in [-0.3, -0.25) is 14.9 Å². The Morgan fingerprint density at radius 2 is 2.00 bits per heavy atom. The van der Waals surface area contributed by atoms with Crippen LogP contribution < -0.4 is 10.6 Å². The molecule has 0 spiro atoms. The minimum atomic E-state index is -0.502. The quantitative estimate of drug-likeness (QED) is 0.641. The van der Waals surface area contributed by atoms with E-state index < -0.39 is 4.92 Å². The molecule has 1 aromatic carbocycles. The molecule has 0 atom stereocenters. The molecule has 0 aliphatic carbocycles. The number of amides is 1. The number of rotatable bonds is 5. The first-order valence-corrected chi connectivity index (χ1v) is 6.49. The number of nitrogens with one attached hydrogen (secondary N) is 2. The smallest absolute Gasteiger partial charge is 0.293 e. The molecular weight excluding hydrogens is 258 g/mol. The lowest BCUT2D eigenvalue weighted by atomic mass is 9.92. The van der Waals surface area contributed by atoms with Crippen LogP contribution in [0.25, 0.3) is 0 Å². The molecule has 2 N–H and O–H groups in total. The SMILES string of the molecule is CNc1ccc(C(=O)NCCC(C)(C)C)cc1[N+](=O)[O-]. The van der Waals surface area contributed by atoms with Crippen LogP contribution in [0, 0.1) is 15.5 Å². The van der Waals surface area contributed by atoms with Crippen LogP contribution in [0.1, 0.15) is 37.6 Å². The molecule has 6 heteroatoms. The normalized spacial score (nSPS) is 11.0. The van der Waals surface area contributed by atoms with Gasteiger partial charge in [0.2, 0.25) is 0 Å². The van der Waals surface area contributed by atoms with Gasteiger partial charge in [0.05, 0.1) is 4.92 Å². The van der Waals surface area contributed by atoms with Gasteiger partial charge in [0, 0.05) is 25.2 Å². The first kappa shape index (κ1) is 15.9. The Morgan fingerprint density at radius 1 is 1.35 bits per heavy atom. The molecule has 0 heterocycles. The van der Waals surface area contributed by atoms with Crippen LogP contribution in [0.2, 0.25) is 0 Å². The molecule has 0 aliphatic heterocycles. The van der Waals surface area contributed by atoms with Gasteiger partial charge in [-0.2, -0.15) is 0 Å². The number of benzene rings is 1. The van der Waals surface area contributed by atoms with E-state index in [0.717, 1.165) is 6.42 Å². The highest BCUT2D eigenvalue weighted by molar-refractivity contribution is 5.95. The van der Waals surface area contributed by atoms with Gasteiger partial charge in [-0.05, 0) is 24.0 Å². The van der Waals surface area contributed by atoms with E-state index in [1.54, 1.807) is 13.1 Å². The van der Waals surface area contributed by atoms with E-state index in [1.807, 2.05) is 0 Å². The second-order valence-corrected chi connectivity index (χ2v) is 5.81. The van der Waals surface area contributed by atoms with Gasteiger partial charge in [-0.25, -0.2) is 0 Å². The lowest BCUT2D eigenvalue weighted by Gasteiger charge is -2.18. The minimum Gasteiger partial charge on any atom is -0.383 e. The Bertz CT molecular complexity index is 507. The fourth-order valence-electron chi connectivity index (χ4n) is 1.69. The summed E-state index contributed by atoms with van der Waals surface area (Å²) in [6.45, 7) is 6.81. The van der Waals surface area contributed by atoms with Gasteiger partial charge in [0.25, 0.3) is 11.6 Å². The topological polar surface area (TPSA) is 84.3 Å². The Labute approximate surface area is 118 Å². The highest BCUT2D eigenvalue weighted by Gasteiger charge is 2.17. The predicted octanol–water partition coefficient (Wildman–Crippen LogP) is 2.80. The molecule has 1 aromatic rings. The molecular formula is C14H21N3O3. The second kappa shape index (κ2) is 6.36. The van der Waals surface area contributed by atoms with Crippen molar-refractivity contribution in [2.24, 2.45) is 5.41 Å². The molecule has 20 heavy (non-hydrogen) atoms. The Morgan fingerprint density at radius 3 is 2.50 bits per heavy atom. The second-order valence-electron chi connectivity index (χ2n) is 5.81. The van der Waals surface area contributed by atoms with Gasteiger partial charge in [-0.15, -0.1) is 0 Å². The number of carbonyl (C=O) groups excluding carboxylic acids is 1. The summed E-state index contributed by atoms with van der Waals surface area (Å²) < 4.78 is 0. The minimum absolute atomic E-state index is 0.101. The summed E-state index contributed by atoms with van der Waals surface area (Å²) in [4.78, 5) is 22.4. The van der Waals surface area contributed by atoms with Crippen LogP contribution in [0.5, 0.6) is 0 Å². The van der Waals surface area contributed by atoms with Crippen molar-refractivity contribution >= 4 is 17.3 Å². The molecule has 0 fully saturated rings. The summed E-state index contributed by atoms with van der Waals surface area (Å²) in [6.07, 6.45) is 0.843. The Kier molecular flexibility index (Phi) is 5.07. The lowest BCUT2D eigenvalue weighted by molar-refractivity contribution is -0.384. The number of nitro benzene ring substituents is 1. The number of hydrogen-bond acceptors (Lipinski definition) is 4. The van der Waals surface area contributed by atoms with Gasteiger partial charge in [0.15, 0.2) is 0 Å². The average molecular weight is 279 g/mol. The van der Waals surface area contributed by atoms with Crippen molar-refractivity contribution in [3.63, 3.8) is 0 Å². The molecule has 0 saturated heterocycles. The van der Waals surface area contributed by atoms with Crippen LogP contribution >= 0.6 is 0 Å². The summed E-state index contributed by atoms with van der Waals surface area (Å²) in [5.74, 6) is -0.292. The largest absolute Gasteiger partial charge is 0.383 e. The summed E-state index contributed by atoms with van der Waals surface area (Å²) in [5, 5.41) is 16.4. The maximum Gasteiger partial charge on any atom is 0.293 e. The van der Waals surface area contributed by atoms with Crippen LogP contribution in [-0.2, 0) is 0 Å².